The molecule has 0 aromatic carbocycles. The van der Waals surface area contributed by atoms with Crippen molar-refractivity contribution in [3.8, 4) is 0 Å². The van der Waals surface area contributed by atoms with Crippen molar-refractivity contribution in [1.29, 1.82) is 0 Å². The number of hydrogen-bond acceptors (Lipinski definition) is 5. The number of rotatable bonds is 3. The van der Waals surface area contributed by atoms with Gasteiger partial charge in [0.15, 0.2) is 5.60 Å². The molecule has 2 aliphatic heterocycles. The summed E-state index contributed by atoms with van der Waals surface area (Å²) in [7, 11) is 0. The molecule has 7 aliphatic rings. The fraction of sp³-hybridized carbons (Fsp3) is 0.889. The Balaban J connectivity index is 1.24. The second kappa shape index (κ2) is 8.63. The van der Waals surface area contributed by atoms with Crippen molar-refractivity contribution in [2.24, 2.45) is 56.7 Å². The average molecular weight is 567 g/mol. The van der Waals surface area contributed by atoms with Crippen LogP contribution < -0.4 is 0 Å². The largest absolute Gasteiger partial charge is 0.463 e. The molecule has 0 amide bonds. The first-order valence-corrected chi connectivity index (χ1v) is 16.9. The van der Waals surface area contributed by atoms with Crippen molar-refractivity contribution < 1.29 is 23.8 Å². The van der Waals surface area contributed by atoms with E-state index in [9.17, 15) is 9.59 Å². The van der Waals surface area contributed by atoms with Gasteiger partial charge >= 0.3 is 11.9 Å². The van der Waals surface area contributed by atoms with Crippen LogP contribution in [-0.4, -0.2) is 36.4 Å². The molecular formula is C36H54O5. The van der Waals surface area contributed by atoms with Gasteiger partial charge in [-0.2, -0.15) is 0 Å². The number of hydrogen-bond donors (Lipinski definition) is 0. The van der Waals surface area contributed by atoms with Crippen LogP contribution in [0.15, 0.2) is 12.2 Å². The van der Waals surface area contributed by atoms with Gasteiger partial charge in [0.2, 0.25) is 0 Å². The van der Waals surface area contributed by atoms with E-state index >= 15 is 0 Å². The standard InChI is InChI=1S/C36H54O5/c1-21(2)23-11-16-35(29-36(41-29)19-20-39-30(36)38)18-17-33(7)24(28(23)35)9-10-26-32(6)14-13-27(40-22(3)37)31(4,5)25(32)12-15-34(26,33)8/h23-29H,1,9-20H2,2-8H3/t23-,24+,25-,26+,27-,28+,29-,32-,33+,34+,35-,36-/m0/s1. The maximum Gasteiger partial charge on any atom is 0.341 e. The van der Waals surface area contributed by atoms with Gasteiger partial charge in [0.05, 0.1) is 6.61 Å². The molecule has 0 radical (unpaired) electrons. The molecule has 0 aromatic rings. The Morgan fingerprint density at radius 2 is 1.61 bits per heavy atom. The molecule has 41 heavy (non-hydrogen) atoms. The van der Waals surface area contributed by atoms with Gasteiger partial charge in [0.25, 0.3) is 0 Å². The zero-order valence-electron chi connectivity index (χ0n) is 26.8. The van der Waals surface area contributed by atoms with Gasteiger partial charge in [-0.15, -0.1) is 0 Å². The van der Waals surface area contributed by atoms with E-state index in [-0.39, 0.29) is 51.2 Å². The number of allylic oxidation sites excluding steroid dienone is 1. The summed E-state index contributed by atoms with van der Waals surface area (Å²) in [5.41, 5.74) is 1.53. The van der Waals surface area contributed by atoms with Crippen molar-refractivity contribution in [2.75, 3.05) is 6.61 Å². The van der Waals surface area contributed by atoms with Gasteiger partial charge in [-0.25, -0.2) is 4.79 Å². The van der Waals surface area contributed by atoms with Crippen LogP contribution >= 0.6 is 0 Å². The van der Waals surface area contributed by atoms with Crippen molar-refractivity contribution in [3.05, 3.63) is 12.2 Å². The highest BCUT2D eigenvalue weighted by Crippen LogP contribution is 2.79. The van der Waals surface area contributed by atoms with Crippen LogP contribution in [0, 0.1) is 56.7 Å². The Bertz CT molecular complexity index is 1170. The minimum absolute atomic E-state index is 0.0104. The molecule has 0 N–H and O–H groups in total. The van der Waals surface area contributed by atoms with Crippen LogP contribution in [0.4, 0.5) is 0 Å². The molecule has 5 aliphatic carbocycles. The molecule has 5 nitrogen and oxygen atoms in total. The topological polar surface area (TPSA) is 65.1 Å². The van der Waals surface area contributed by atoms with E-state index in [1.165, 1.54) is 44.1 Å². The normalized spacial score (nSPS) is 54.8. The molecule has 12 atom stereocenters. The second-order valence-electron chi connectivity index (χ2n) is 17.2. The maximum absolute atomic E-state index is 12.9. The quantitative estimate of drug-likeness (QED) is 0.199. The summed E-state index contributed by atoms with van der Waals surface area (Å²) in [6, 6.07) is 0. The highest BCUT2D eigenvalue weighted by molar-refractivity contribution is 5.85. The van der Waals surface area contributed by atoms with E-state index in [0.717, 1.165) is 32.1 Å². The third-order valence-corrected chi connectivity index (χ3v) is 15.6. The summed E-state index contributed by atoms with van der Waals surface area (Å²) >= 11 is 0. The van der Waals surface area contributed by atoms with Crippen LogP contribution in [-0.2, 0) is 23.8 Å². The lowest BCUT2D eigenvalue weighted by molar-refractivity contribution is -0.250. The van der Waals surface area contributed by atoms with E-state index in [1.54, 1.807) is 6.92 Å². The summed E-state index contributed by atoms with van der Waals surface area (Å²) in [6.45, 7) is 21.6. The summed E-state index contributed by atoms with van der Waals surface area (Å²) in [5.74, 6) is 2.69. The van der Waals surface area contributed by atoms with E-state index in [1.807, 2.05) is 0 Å². The van der Waals surface area contributed by atoms with Crippen LogP contribution in [0.1, 0.15) is 119 Å². The predicted octanol–water partition coefficient (Wildman–Crippen LogP) is 7.66. The minimum Gasteiger partial charge on any atom is -0.463 e. The highest BCUT2D eigenvalue weighted by atomic mass is 16.7. The summed E-state index contributed by atoms with van der Waals surface area (Å²) < 4.78 is 17.9. The zero-order valence-corrected chi connectivity index (χ0v) is 26.8. The number of cyclic esters (lactones) is 1. The van der Waals surface area contributed by atoms with Gasteiger partial charge in [-0.05, 0) is 117 Å². The molecule has 0 bridgehead atoms. The summed E-state index contributed by atoms with van der Waals surface area (Å²) in [5, 5.41) is 0. The lowest BCUT2D eigenvalue weighted by atomic mass is 9.32. The Labute approximate surface area is 247 Å². The van der Waals surface area contributed by atoms with E-state index < -0.39 is 5.60 Å². The molecule has 0 aromatic heterocycles. The third kappa shape index (κ3) is 3.39. The van der Waals surface area contributed by atoms with E-state index in [2.05, 4.69) is 48.1 Å². The molecule has 7 rings (SSSR count). The number of carbonyl (C=O) groups excluding carboxylic acids is 2. The highest BCUT2D eigenvalue weighted by Gasteiger charge is 2.79. The summed E-state index contributed by atoms with van der Waals surface area (Å²) in [4.78, 5) is 24.9. The molecule has 7 fully saturated rings. The Hall–Kier alpha value is -1.36. The molecule has 2 heterocycles. The molecular weight excluding hydrogens is 512 g/mol. The molecule has 228 valence electrons. The van der Waals surface area contributed by atoms with E-state index in [0.29, 0.717) is 36.2 Å². The lowest BCUT2D eigenvalue weighted by Gasteiger charge is -2.73. The first kappa shape index (κ1) is 28.4. The van der Waals surface area contributed by atoms with Crippen molar-refractivity contribution >= 4 is 11.9 Å². The smallest absolute Gasteiger partial charge is 0.341 e. The van der Waals surface area contributed by atoms with Gasteiger partial charge in [0.1, 0.15) is 12.2 Å². The van der Waals surface area contributed by atoms with Gasteiger partial charge in [-0.3, -0.25) is 4.79 Å². The molecule has 1 spiro atoms. The molecule has 0 unspecified atom stereocenters. The fourth-order valence-electron chi connectivity index (χ4n) is 13.7. The molecule has 2 saturated heterocycles. The molecule has 5 heteroatoms. The zero-order chi connectivity index (χ0) is 29.4. The van der Waals surface area contributed by atoms with E-state index in [4.69, 9.17) is 14.2 Å². The van der Waals surface area contributed by atoms with Crippen molar-refractivity contribution in [3.63, 3.8) is 0 Å². The SMILES string of the molecule is C=C(C)[C@@H]1CC[C@]2([C@@H]3O[C@@]34CCOC4=O)CC[C@]3(C)[C@H](CC[C@@H]4[C@@]5(C)CC[C@H](OC(C)=O)C(C)(C)[C@@H]5CC[C@]43C)[C@@H]12. The average Bonchev–Trinajstić information content (AvgIpc) is 3.32. The predicted molar refractivity (Wildman–Crippen MR) is 158 cm³/mol. The minimum atomic E-state index is -0.658. The number of fused-ring (bicyclic) bond motifs is 7. The Morgan fingerprint density at radius 3 is 2.27 bits per heavy atom. The van der Waals surface area contributed by atoms with Gasteiger partial charge < -0.3 is 14.2 Å². The number of esters is 2. The number of carbonyl (C=O) groups is 2. The fourth-order valence-corrected chi connectivity index (χ4v) is 13.7. The third-order valence-electron chi connectivity index (χ3n) is 15.6. The molecule has 5 saturated carbocycles. The van der Waals surface area contributed by atoms with Gasteiger partial charge in [-0.1, -0.05) is 46.8 Å². The van der Waals surface area contributed by atoms with Crippen molar-refractivity contribution in [2.45, 2.75) is 137 Å². The Morgan fingerprint density at radius 1 is 0.854 bits per heavy atom. The number of epoxide rings is 1. The second-order valence-corrected chi connectivity index (χ2v) is 17.2. The van der Waals surface area contributed by atoms with Crippen LogP contribution in [0.25, 0.3) is 0 Å². The lowest BCUT2D eigenvalue weighted by Crippen LogP contribution is -2.67. The maximum atomic E-state index is 12.9. The first-order valence-electron chi connectivity index (χ1n) is 16.9. The number of ether oxygens (including phenoxy) is 3. The monoisotopic (exact) mass is 566 g/mol. The van der Waals surface area contributed by atoms with Crippen molar-refractivity contribution in [1.82, 2.24) is 0 Å². The van der Waals surface area contributed by atoms with Crippen LogP contribution in [0.5, 0.6) is 0 Å². The van der Waals surface area contributed by atoms with Gasteiger partial charge in [0, 0.05) is 24.2 Å². The van der Waals surface area contributed by atoms with Crippen LogP contribution in [0.2, 0.25) is 0 Å². The summed E-state index contributed by atoms with van der Waals surface area (Å²) in [6.07, 6.45) is 12.7. The van der Waals surface area contributed by atoms with Crippen LogP contribution in [0.3, 0.4) is 0 Å². The first-order chi connectivity index (χ1) is 19.2. The Kier molecular flexibility index (Phi) is 5.98.